The minimum Gasteiger partial charge on any atom is -0.488 e. The maximum Gasteiger partial charge on any atom is 0.573 e. The Labute approximate surface area is 91.0 Å². The Hall–Kier alpha value is -1.80. The van der Waals surface area contributed by atoms with Gasteiger partial charge in [-0.25, -0.2) is 8.78 Å². The Balaban J connectivity index is 3.39. The van der Waals surface area contributed by atoms with Gasteiger partial charge >= 0.3 is 6.36 Å². The van der Waals surface area contributed by atoms with Crippen LogP contribution in [0.4, 0.5) is 22.0 Å². The maximum absolute atomic E-state index is 12.4. The van der Waals surface area contributed by atoms with Crippen LogP contribution in [-0.2, 0) is 0 Å². The zero-order valence-electron chi connectivity index (χ0n) is 8.27. The summed E-state index contributed by atoms with van der Waals surface area (Å²) < 4.78 is 68.5. The number of H-pyrrole nitrogens is 1. The molecule has 1 heterocycles. The lowest BCUT2D eigenvalue weighted by molar-refractivity contribution is -0.275. The number of methoxy groups -OCH3 is 1. The molecule has 1 aromatic rings. The molecule has 0 saturated carbocycles. The molecule has 96 valence electrons. The molecule has 0 aliphatic carbocycles. The molecule has 17 heavy (non-hydrogen) atoms. The van der Waals surface area contributed by atoms with Crippen molar-refractivity contribution >= 4 is 0 Å². The number of aromatic amines is 1. The minimum absolute atomic E-state index is 0.441. The summed E-state index contributed by atoms with van der Waals surface area (Å²) in [5.74, 6) is -2.29. The van der Waals surface area contributed by atoms with Gasteiger partial charge in [-0.1, -0.05) is 0 Å². The van der Waals surface area contributed by atoms with Crippen LogP contribution < -0.4 is 15.0 Å². The fraction of sp³-hybridized carbons (Fsp3) is 0.375. The van der Waals surface area contributed by atoms with E-state index in [0.717, 1.165) is 7.11 Å². The molecule has 0 aliphatic heterocycles. The van der Waals surface area contributed by atoms with Gasteiger partial charge in [0.05, 0.1) is 12.7 Å². The average Bonchev–Trinajstić information content (AvgIpc) is 2.15. The van der Waals surface area contributed by atoms with Gasteiger partial charge in [-0.05, 0) is 0 Å². The number of hydrogen-bond donors (Lipinski definition) is 1. The first-order valence-electron chi connectivity index (χ1n) is 4.09. The van der Waals surface area contributed by atoms with Crippen molar-refractivity contribution in [2.45, 2.75) is 12.8 Å². The van der Waals surface area contributed by atoms with Crippen molar-refractivity contribution < 1.29 is 31.4 Å². The van der Waals surface area contributed by atoms with Crippen molar-refractivity contribution in [3.05, 3.63) is 22.1 Å². The third-order valence-electron chi connectivity index (χ3n) is 1.69. The van der Waals surface area contributed by atoms with Crippen LogP contribution in [0.2, 0.25) is 0 Å². The third-order valence-corrected chi connectivity index (χ3v) is 1.69. The molecule has 1 aromatic heterocycles. The summed E-state index contributed by atoms with van der Waals surface area (Å²) in [5.41, 5.74) is -2.21. The first-order chi connectivity index (χ1) is 7.76. The maximum atomic E-state index is 12.4. The molecule has 9 heteroatoms. The van der Waals surface area contributed by atoms with Gasteiger partial charge in [-0.3, -0.25) is 4.79 Å². The summed E-state index contributed by atoms with van der Waals surface area (Å²) in [4.78, 5) is 12.9. The smallest absolute Gasteiger partial charge is 0.488 e. The van der Waals surface area contributed by atoms with E-state index < -0.39 is 35.4 Å². The third kappa shape index (κ3) is 3.08. The molecule has 0 amide bonds. The zero-order valence-corrected chi connectivity index (χ0v) is 8.27. The molecule has 0 spiro atoms. The number of pyridine rings is 1. The van der Waals surface area contributed by atoms with Crippen LogP contribution in [0.15, 0.2) is 11.0 Å². The number of halogens is 5. The van der Waals surface area contributed by atoms with E-state index >= 15 is 0 Å². The number of hydrogen-bond acceptors (Lipinski definition) is 3. The Morgan fingerprint density at radius 3 is 2.29 bits per heavy atom. The highest BCUT2D eigenvalue weighted by Gasteiger charge is 2.36. The van der Waals surface area contributed by atoms with Crippen molar-refractivity contribution in [2.24, 2.45) is 0 Å². The van der Waals surface area contributed by atoms with E-state index in [2.05, 4.69) is 9.47 Å². The van der Waals surface area contributed by atoms with Crippen molar-refractivity contribution in [1.29, 1.82) is 0 Å². The fourth-order valence-corrected chi connectivity index (χ4v) is 1.08. The Bertz CT molecular complexity index is 453. The molecule has 0 radical (unpaired) electrons. The van der Waals surface area contributed by atoms with E-state index in [9.17, 15) is 26.7 Å². The molecule has 1 N–H and O–H groups in total. The Kier molecular flexibility index (Phi) is 3.59. The minimum atomic E-state index is -5.20. The first-order valence-corrected chi connectivity index (χ1v) is 4.09. The average molecular weight is 259 g/mol. The summed E-state index contributed by atoms with van der Waals surface area (Å²) in [6.45, 7) is 0. The molecule has 0 atom stereocenters. The summed E-state index contributed by atoms with van der Waals surface area (Å²) >= 11 is 0. The zero-order chi connectivity index (χ0) is 13.2. The first kappa shape index (κ1) is 13.3. The molecular weight excluding hydrogens is 253 g/mol. The predicted molar refractivity (Wildman–Crippen MR) is 45.3 cm³/mol. The van der Waals surface area contributed by atoms with Crippen LogP contribution in [0.5, 0.6) is 11.5 Å². The van der Waals surface area contributed by atoms with E-state index in [1.54, 1.807) is 0 Å². The quantitative estimate of drug-likeness (QED) is 0.847. The second-order valence-corrected chi connectivity index (χ2v) is 2.78. The highest BCUT2D eigenvalue weighted by Crippen LogP contribution is 2.37. The van der Waals surface area contributed by atoms with E-state index in [1.165, 1.54) is 0 Å². The SMILES string of the molecule is COc1c(OC(F)(F)F)c(C(F)F)c[nH]c1=O. The second-order valence-electron chi connectivity index (χ2n) is 2.78. The largest absolute Gasteiger partial charge is 0.573 e. The molecule has 1 rings (SSSR count). The normalized spacial score (nSPS) is 11.7. The number of nitrogens with one attached hydrogen (secondary N) is 1. The molecule has 0 unspecified atom stereocenters. The van der Waals surface area contributed by atoms with Crippen LogP contribution in [0, 0.1) is 0 Å². The molecule has 4 nitrogen and oxygen atoms in total. The van der Waals surface area contributed by atoms with Crippen molar-refractivity contribution in [3.63, 3.8) is 0 Å². The number of rotatable bonds is 3. The molecular formula is C8H6F5NO3. The van der Waals surface area contributed by atoms with Crippen molar-refractivity contribution in [1.82, 2.24) is 4.98 Å². The predicted octanol–water partition coefficient (Wildman–Crippen LogP) is 2.22. The van der Waals surface area contributed by atoms with Crippen molar-refractivity contribution in [2.75, 3.05) is 7.11 Å². The van der Waals surface area contributed by atoms with Crippen LogP contribution in [0.1, 0.15) is 12.0 Å². The summed E-state index contributed by atoms with van der Waals surface area (Å²) in [7, 11) is 0.864. The van der Waals surface area contributed by atoms with Gasteiger partial charge in [0, 0.05) is 6.20 Å². The van der Waals surface area contributed by atoms with Crippen LogP contribution in [0.3, 0.4) is 0 Å². The summed E-state index contributed by atoms with van der Waals surface area (Å²) in [5, 5.41) is 0. The van der Waals surface area contributed by atoms with Crippen LogP contribution in [-0.4, -0.2) is 18.5 Å². The van der Waals surface area contributed by atoms with Gasteiger partial charge in [0.25, 0.3) is 12.0 Å². The number of ether oxygens (including phenoxy) is 2. The van der Waals surface area contributed by atoms with Gasteiger partial charge in [-0.15, -0.1) is 13.2 Å². The molecule has 0 aromatic carbocycles. The van der Waals surface area contributed by atoms with Gasteiger partial charge in [0.2, 0.25) is 5.75 Å². The topological polar surface area (TPSA) is 51.3 Å². The highest BCUT2D eigenvalue weighted by molar-refractivity contribution is 5.44. The summed E-state index contributed by atoms with van der Waals surface area (Å²) in [6, 6.07) is 0. The van der Waals surface area contributed by atoms with E-state index in [-0.39, 0.29) is 0 Å². The molecule has 0 bridgehead atoms. The van der Waals surface area contributed by atoms with Gasteiger partial charge in [0.15, 0.2) is 5.75 Å². The van der Waals surface area contributed by atoms with Gasteiger partial charge in [-0.2, -0.15) is 0 Å². The van der Waals surface area contributed by atoms with Crippen LogP contribution in [0.25, 0.3) is 0 Å². The van der Waals surface area contributed by atoms with Gasteiger partial charge < -0.3 is 14.5 Å². The van der Waals surface area contributed by atoms with Crippen molar-refractivity contribution in [3.8, 4) is 11.5 Å². The van der Waals surface area contributed by atoms with E-state index in [4.69, 9.17) is 0 Å². The molecule has 0 aliphatic rings. The summed E-state index contributed by atoms with van der Waals surface area (Å²) in [6.07, 6.45) is -8.01. The monoisotopic (exact) mass is 259 g/mol. The fourth-order valence-electron chi connectivity index (χ4n) is 1.08. The Morgan fingerprint density at radius 1 is 1.29 bits per heavy atom. The van der Waals surface area contributed by atoms with Crippen LogP contribution >= 0.6 is 0 Å². The lowest BCUT2D eigenvalue weighted by Gasteiger charge is -2.14. The number of alkyl halides is 5. The van der Waals surface area contributed by atoms with Gasteiger partial charge in [0.1, 0.15) is 0 Å². The van der Waals surface area contributed by atoms with E-state index in [0.29, 0.717) is 6.20 Å². The highest BCUT2D eigenvalue weighted by atomic mass is 19.4. The lowest BCUT2D eigenvalue weighted by atomic mass is 10.2. The molecule has 0 fully saturated rings. The molecule has 0 saturated heterocycles. The number of aromatic nitrogens is 1. The standard InChI is InChI=1S/C8H6F5NO3/c1-16-5-4(17-8(11,12)13)3(6(9)10)2-14-7(5)15/h2,6H,1H3,(H,14,15). The Morgan fingerprint density at radius 2 is 1.88 bits per heavy atom. The second kappa shape index (κ2) is 4.60. The lowest BCUT2D eigenvalue weighted by Crippen LogP contribution is -2.21. The van der Waals surface area contributed by atoms with E-state index in [1.807, 2.05) is 4.98 Å².